The topological polar surface area (TPSA) is 58.6 Å². The summed E-state index contributed by atoms with van der Waals surface area (Å²) in [6.45, 7) is 5.78. The maximum atomic E-state index is 12.2. The van der Waals surface area contributed by atoms with Crippen LogP contribution in [0, 0.1) is 0 Å². The number of likely N-dealkylation sites (N-methyl/N-ethyl adjacent to an activating group) is 1. The van der Waals surface area contributed by atoms with Crippen molar-refractivity contribution in [2.75, 3.05) is 20.2 Å². The van der Waals surface area contributed by atoms with Crippen LogP contribution < -0.4 is 5.32 Å². The third kappa shape index (κ3) is 3.36. The second-order valence-electron chi connectivity index (χ2n) is 5.29. The number of carbonyl (C=O) groups excluding carboxylic acids is 2. The minimum Gasteiger partial charge on any atom is -0.375 e. The third-order valence-corrected chi connectivity index (χ3v) is 3.97. The van der Waals surface area contributed by atoms with Crippen LogP contribution in [0.4, 0.5) is 0 Å². The van der Waals surface area contributed by atoms with Crippen LogP contribution in [-0.4, -0.2) is 43.0 Å². The number of nitrogens with zero attached hydrogens (tertiary/aromatic N) is 1. The lowest BCUT2D eigenvalue weighted by Crippen LogP contribution is -2.45. The first kappa shape index (κ1) is 16.2. The van der Waals surface area contributed by atoms with E-state index in [9.17, 15) is 9.59 Å². The smallest absolute Gasteiger partial charge is 0.246 e. The lowest BCUT2D eigenvalue weighted by Gasteiger charge is -2.23. The maximum Gasteiger partial charge on any atom is 0.246 e. The Morgan fingerprint density at radius 3 is 2.82 bits per heavy atom. The first-order valence-electron chi connectivity index (χ1n) is 7.42. The van der Waals surface area contributed by atoms with Gasteiger partial charge in [-0.25, -0.2) is 0 Å². The standard InChI is InChI=1S/C17H22N2O3/c1-4-16(21)19(5-2)11-15(20)18-14-10-12-8-6-7-9-13(12)17(14)22-3/h4,6-9,14,17H,1,5,10-11H2,2-3H3,(H,18,20)/t14-,17+/m1/s1. The summed E-state index contributed by atoms with van der Waals surface area (Å²) in [5.74, 6) is -0.424. The van der Waals surface area contributed by atoms with E-state index in [2.05, 4.69) is 11.9 Å². The number of rotatable bonds is 6. The van der Waals surface area contributed by atoms with Crippen LogP contribution in [-0.2, 0) is 20.7 Å². The molecule has 1 aromatic carbocycles. The van der Waals surface area contributed by atoms with Gasteiger partial charge in [-0.2, -0.15) is 0 Å². The minimum atomic E-state index is -0.240. The molecule has 0 spiro atoms. The fourth-order valence-electron chi connectivity index (χ4n) is 2.88. The molecule has 22 heavy (non-hydrogen) atoms. The van der Waals surface area contributed by atoms with Gasteiger partial charge in [0.1, 0.15) is 6.10 Å². The van der Waals surface area contributed by atoms with Crippen LogP contribution in [0.3, 0.4) is 0 Å². The summed E-state index contributed by atoms with van der Waals surface area (Å²) in [7, 11) is 1.64. The average molecular weight is 302 g/mol. The maximum absolute atomic E-state index is 12.2. The van der Waals surface area contributed by atoms with Crippen molar-refractivity contribution < 1.29 is 14.3 Å². The van der Waals surface area contributed by atoms with Gasteiger partial charge in [-0.3, -0.25) is 9.59 Å². The fraction of sp³-hybridized carbons (Fsp3) is 0.412. The molecular formula is C17H22N2O3. The zero-order chi connectivity index (χ0) is 16.1. The number of carbonyl (C=O) groups is 2. The van der Waals surface area contributed by atoms with Crippen molar-refractivity contribution in [2.24, 2.45) is 0 Å². The van der Waals surface area contributed by atoms with E-state index in [-0.39, 0.29) is 30.5 Å². The van der Waals surface area contributed by atoms with E-state index in [1.165, 1.54) is 16.5 Å². The Morgan fingerprint density at radius 2 is 2.18 bits per heavy atom. The van der Waals surface area contributed by atoms with E-state index < -0.39 is 0 Å². The molecule has 1 N–H and O–H groups in total. The van der Waals surface area contributed by atoms with Gasteiger partial charge < -0.3 is 15.0 Å². The number of ether oxygens (including phenoxy) is 1. The zero-order valence-electron chi connectivity index (χ0n) is 13.0. The number of fused-ring (bicyclic) bond motifs is 1. The molecule has 0 saturated heterocycles. The molecule has 1 aliphatic carbocycles. The fourth-order valence-corrected chi connectivity index (χ4v) is 2.88. The molecule has 0 bridgehead atoms. The SMILES string of the molecule is C=CC(=O)N(CC)CC(=O)N[C@@H]1Cc2ccccc2[C@@H]1OC. The van der Waals surface area contributed by atoms with Crippen LogP contribution in [0.2, 0.25) is 0 Å². The highest BCUT2D eigenvalue weighted by Gasteiger charge is 2.33. The molecule has 2 atom stereocenters. The van der Waals surface area contributed by atoms with Crippen molar-refractivity contribution in [3.63, 3.8) is 0 Å². The molecule has 5 nitrogen and oxygen atoms in total. The molecule has 0 unspecified atom stereocenters. The van der Waals surface area contributed by atoms with Crippen LogP contribution in [0.1, 0.15) is 24.2 Å². The van der Waals surface area contributed by atoms with Crippen LogP contribution in [0.5, 0.6) is 0 Å². The van der Waals surface area contributed by atoms with Gasteiger partial charge >= 0.3 is 0 Å². The van der Waals surface area contributed by atoms with Gasteiger partial charge in [0.2, 0.25) is 11.8 Å². The Morgan fingerprint density at radius 1 is 1.45 bits per heavy atom. The lowest BCUT2D eigenvalue weighted by molar-refractivity contribution is -0.132. The second-order valence-corrected chi connectivity index (χ2v) is 5.29. The second kappa shape index (κ2) is 7.22. The van der Waals surface area contributed by atoms with E-state index in [0.717, 1.165) is 12.0 Å². The monoisotopic (exact) mass is 302 g/mol. The van der Waals surface area contributed by atoms with E-state index >= 15 is 0 Å². The van der Waals surface area contributed by atoms with Crippen molar-refractivity contribution in [3.8, 4) is 0 Å². The highest BCUT2D eigenvalue weighted by Crippen LogP contribution is 2.33. The summed E-state index contributed by atoms with van der Waals surface area (Å²) < 4.78 is 5.54. The van der Waals surface area contributed by atoms with Gasteiger partial charge in [-0.1, -0.05) is 30.8 Å². The molecule has 0 aliphatic heterocycles. The summed E-state index contributed by atoms with van der Waals surface area (Å²) >= 11 is 0. The molecule has 1 aliphatic rings. The lowest BCUT2D eigenvalue weighted by atomic mass is 10.1. The van der Waals surface area contributed by atoms with E-state index in [1.807, 2.05) is 31.2 Å². The summed E-state index contributed by atoms with van der Waals surface area (Å²) in [4.78, 5) is 25.3. The van der Waals surface area contributed by atoms with Gasteiger partial charge in [0.15, 0.2) is 0 Å². The molecule has 0 aromatic heterocycles. The van der Waals surface area contributed by atoms with Crippen molar-refractivity contribution in [1.29, 1.82) is 0 Å². The zero-order valence-corrected chi connectivity index (χ0v) is 13.0. The van der Waals surface area contributed by atoms with Crippen molar-refractivity contribution in [3.05, 3.63) is 48.0 Å². The molecule has 2 amide bonds. The largest absolute Gasteiger partial charge is 0.375 e. The highest BCUT2D eigenvalue weighted by molar-refractivity contribution is 5.91. The van der Waals surface area contributed by atoms with Crippen molar-refractivity contribution in [2.45, 2.75) is 25.5 Å². The Bertz CT molecular complexity index is 571. The summed E-state index contributed by atoms with van der Waals surface area (Å²) in [5, 5.41) is 2.98. The molecule has 0 radical (unpaired) electrons. The predicted molar refractivity (Wildman–Crippen MR) is 84.3 cm³/mol. The molecule has 118 valence electrons. The first-order valence-corrected chi connectivity index (χ1v) is 7.42. The summed E-state index contributed by atoms with van der Waals surface area (Å²) in [6, 6.07) is 7.92. The Labute approximate surface area is 130 Å². The number of nitrogens with one attached hydrogen (secondary N) is 1. The molecule has 0 saturated carbocycles. The van der Waals surface area contributed by atoms with E-state index in [4.69, 9.17) is 4.74 Å². The predicted octanol–water partition coefficient (Wildman–Crippen LogP) is 1.45. The average Bonchev–Trinajstić information content (AvgIpc) is 2.88. The number of hydrogen-bond acceptors (Lipinski definition) is 3. The van der Waals surface area contributed by atoms with Gasteiger partial charge in [0.05, 0.1) is 12.6 Å². The third-order valence-electron chi connectivity index (χ3n) is 3.97. The summed E-state index contributed by atoms with van der Waals surface area (Å²) in [6.07, 6.45) is 1.81. The van der Waals surface area contributed by atoms with E-state index in [0.29, 0.717) is 6.54 Å². The Balaban J connectivity index is 2.01. The Hall–Kier alpha value is -2.14. The molecule has 0 fully saturated rings. The van der Waals surface area contributed by atoms with Gasteiger partial charge in [-0.15, -0.1) is 0 Å². The molecule has 2 rings (SSSR count). The molecule has 0 heterocycles. The molecule has 5 heteroatoms. The quantitative estimate of drug-likeness (QED) is 0.809. The highest BCUT2D eigenvalue weighted by atomic mass is 16.5. The number of hydrogen-bond donors (Lipinski definition) is 1. The number of methoxy groups -OCH3 is 1. The van der Waals surface area contributed by atoms with Gasteiger partial charge in [0.25, 0.3) is 0 Å². The number of amides is 2. The van der Waals surface area contributed by atoms with Crippen molar-refractivity contribution in [1.82, 2.24) is 10.2 Å². The normalized spacial score (nSPS) is 19.4. The first-order chi connectivity index (χ1) is 10.6. The molecular weight excluding hydrogens is 280 g/mol. The van der Waals surface area contributed by atoms with Crippen LogP contribution >= 0.6 is 0 Å². The van der Waals surface area contributed by atoms with Gasteiger partial charge in [-0.05, 0) is 30.5 Å². The van der Waals surface area contributed by atoms with E-state index in [1.54, 1.807) is 7.11 Å². The number of benzene rings is 1. The van der Waals surface area contributed by atoms with Crippen LogP contribution in [0.15, 0.2) is 36.9 Å². The molecule has 1 aromatic rings. The minimum absolute atomic E-state index is 0.0324. The Kier molecular flexibility index (Phi) is 5.33. The van der Waals surface area contributed by atoms with Gasteiger partial charge in [0, 0.05) is 13.7 Å². The summed E-state index contributed by atoms with van der Waals surface area (Å²) in [5.41, 5.74) is 2.30. The van der Waals surface area contributed by atoms with Crippen LogP contribution in [0.25, 0.3) is 0 Å². The van der Waals surface area contributed by atoms with Crippen molar-refractivity contribution >= 4 is 11.8 Å².